The second-order valence-corrected chi connectivity index (χ2v) is 29.2. The Hall–Kier alpha value is -0.760. The van der Waals surface area contributed by atoms with Crippen molar-refractivity contribution in [1.29, 1.82) is 0 Å². The van der Waals surface area contributed by atoms with Crippen LogP contribution in [0, 0.1) is 0 Å². The van der Waals surface area contributed by atoms with Gasteiger partial charge in [0.05, 0.1) is 39.9 Å². The summed E-state index contributed by atoms with van der Waals surface area (Å²) in [6, 6.07) is -0.844. The lowest BCUT2D eigenvalue weighted by Gasteiger charge is -2.25. The van der Waals surface area contributed by atoms with Gasteiger partial charge in [-0.3, -0.25) is 13.8 Å². The lowest BCUT2D eigenvalue weighted by atomic mass is 10.0. The molecule has 9 heteroatoms. The van der Waals surface area contributed by atoms with Crippen molar-refractivity contribution < 1.29 is 32.9 Å². The maximum atomic E-state index is 13.1. The van der Waals surface area contributed by atoms with E-state index in [1.165, 1.54) is 360 Å². The van der Waals surface area contributed by atoms with Crippen LogP contribution in [0.25, 0.3) is 0 Å². The van der Waals surface area contributed by atoms with Gasteiger partial charge in [0.25, 0.3) is 0 Å². The van der Waals surface area contributed by atoms with E-state index in [0.29, 0.717) is 17.4 Å². The molecule has 0 saturated heterocycles. The Kier molecular flexibility index (Phi) is 66.1. The number of rotatable bonds is 72. The van der Waals surface area contributed by atoms with Crippen LogP contribution < -0.4 is 5.32 Å². The molecule has 0 spiro atoms. The zero-order chi connectivity index (χ0) is 61.2. The van der Waals surface area contributed by atoms with E-state index in [4.69, 9.17) is 9.05 Å². The molecule has 0 saturated carbocycles. The molecule has 0 aromatic heterocycles. The standard InChI is InChI=1S/C75H151N2O6P/c1-6-8-10-12-14-16-18-20-22-24-26-28-30-32-34-36-38-39-40-42-44-46-48-50-52-54-56-58-60-62-64-66-68-74(78)73(72-83-84(80,81)82-71-70-77(3,4)5)76-75(79)69-67-65-63-61-59-57-55-53-51-49-47-45-43-41-37-35-33-31-29-27-25-23-21-19-17-15-13-11-9-7-2/h66,68,73-74,78H,6-65,67,69-72H2,1-5H3,(H-,76,79,80,81)/p+1/b68-66+. The van der Waals surface area contributed by atoms with Crippen molar-refractivity contribution in [1.82, 2.24) is 5.32 Å². The van der Waals surface area contributed by atoms with Gasteiger partial charge in [0, 0.05) is 6.42 Å². The van der Waals surface area contributed by atoms with Crippen LogP contribution in [0.15, 0.2) is 12.2 Å². The average Bonchev–Trinajstić information content (AvgIpc) is 3.56. The SMILES string of the molecule is CCCCCCCCCCCCCCCCCCCCCCCCCCCCCCCC/C=C/C(O)C(COP(=O)(O)OCC[N+](C)(C)C)NC(=O)CCCCCCCCCCCCCCCCCCCCCCCCCCCCCCCC. The van der Waals surface area contributed by atoms with E-state index < -0.39 is 20.0 Å². The largest absolute Gasteiger partial charge is 0.472 e. The van der Waals surface area contributed by atoms with E-state index >= 15 is 0 Å². The molecule has 3 atom stereocenters. The number of quaternary nitrogens is 1. The molecule has 0 aromatic carbocycles. The van der Waals surface area contributed by atoms with Crippen molar-refractivity contribution >= 4 is 13.7 Å². The fourth-order valence-corrected chi connectivity index (χ4v) is 12.8. The van der Waals surface area contributed by atoms with Crippen molar-refractivity contribution in [2.24, 2.45) is 0 Å². The van der Waals surface area contributed by atoms with Gasteiger partial charge in [0.15, 0.2) is 0 Å². The monoisotopic (exact) mass is 1210 g/mol. The second-order valence-electron chi connectivity index (χ2n) is 27.7. The predicted octanol–water partition coefficient (Wildman–Crippen LogP) is 24.5. The number of allylic oxidation sites excluding steroid dienone is 1. The van der Waals surface area contributed by atoms with Crippen LogP contribution in [0.4, 0.5) is 0 Å². The number of carbonyl (C=O) groups excluding carboxylic acids is 1. The summed E-state index contributed by atoms with van der Waals surface area (Å²) >= 11 is 0. The van der Waals surface area contributed by atoms with E-state index in [-0.39, 0.29) is 19.1 Å². The van der Waals surface area contributed by atoms with Crippen molar-refractivity contribution in [3.05, 3.63) is 12.2 Å². The van der Waals surface area contributed by atoms with E-state index in [0.717, 1.165) is 32.1 Å². The molecule has 84 heavy (non-hydrogen) atoms. The molecule has 0 rings (SSSR count). The van der Waals surface area contributed by atoms with Gasteiger partial charge >= 0.3 is 7.82 Å². The molecule has 0 aliphatic heterocycles. The third-order valence-electron chi connectivity index (χ3n) is 18.0. The minimum Gasteiger partial charge on any atom is -0.387 e. The van der Waals surface area contributed by atoms with Crippen LogP contribution in [-0.2, 0) is 18.4 Å². The molecule has 0 aliphatic rings. The van der Waals surface area contributed by atoms with E-state index in [2.05, 4.69) is 19.2 Å². The number of hydrogen-bond donors (Lipinski definition) is 3. The number of likely N-dealkylation sites (N-methyl/N-ethyl adjacent to an activating group) is 1. The fourth-order valence-electron chi connectivity index (χ4n) is 12.1. The van der Waals surface area contributed by atoms with Crippen molar-refractivity contribution in [3.63, 3.8) is 0 Å². The topological polar surface area (TPSA) is 105 Å². The van der Waals surface area contributed by atoms with Crippen LogP contribution in [0.3, 0.4) is 0 Å². The molecule has 0 fully saturated rings. The van der Waals surface area contributed by atoms with Crippen LogP contribution in [0.2, 0.25) is 0 Å². The second kappa shape index (κ2) is 66.7. The van der Waals surface area contributed by atoms with Crippen LogP contribution in [0.5, 0.6) is 0 Å². The smallest absolute Gasteiger partial charge is 0.387 e. The molecule has 502 valence electrons. The van der Waals surface area contributed by atoms with Gasteiger partial charge in [-0.05, 0) is 19.3 Å². The first-order chi connectivity index (χ1) is 41.0. The maximum absolute atomic E-state index is 13.1. The number of phosphoric ester groups is 1. The fraction of sp³-hybridized carbons (Fsp3) is 0.960. The van der Waals surface area contributed by atoms with Crippen molar-refractivity contribution in [2.75, 3.05) is 40.9 Å². The Balaban J connectivity index is 3.97. The number of phosphoric acid groups is 1. The number of aliphatic hydroxyl groups excluding tert-OH is 1. The molecule has 0 aliphatic carbocycles. The first kappa shape index (κ1) is 83.2. The molecule has 1 amide bonds. The molecule has 8 nitrogen and oxygen atoms in total. The Morgan fingerprint density at radius 1 is 0.393 bits per heavy atom. The van der Waals surface area contributed by atoms with Crippen LogP contribution in [0.1, 0.15) is 412 Å². The molecule has 3 N–H and O–H groups in total. The molecular formula is C75H152N2O6P+. The number of nitrogens with one attached hydrogen (secondary N) is 1. The molecule has 0 heterocycles. The zero-order valence-electron chi connectivity index (χ0n) is 57.7. The quantitative estimate of drug-likeness (QED) is 0.0243. The summed E-state index contributed by atoms with van der Waals surface area (Å²) in [5.41, 5.74) is 0. The summed E-state index contributed by atoms with van der Waals surface area (Å²) < 4.78 is 23.9. The number of nitrogens with zero attached hydrogens (tertiary/aromatic N) is 1. The number of aliphatic hydroxyl groups is 1. The minimum atomic E-state index is -4.35. The van der Waals surface area contributed by atoms with Gasteiger partial charge in [-0.1, -0.05) is 398 Å². The van der Waals surface area contributed by atoms with Crippen molar-refractivity contribution in [2.45, 2.75) is 424 Å². The molecule has 0 aromatic rings. The molecule has 0 radical (unpaired) electrons. The molecule has 0 bridgehead atoms. The summed E-state index contributed by atoms with van der Waals surface area (Å²) in [6.45, 7) is 4.90. The Morgan fingerprint density at radius 2 is 0.631 bits per heavy atom. The number of unbranched alkanes of at least 4 members (excludes halogenated alkanes) is 59. The number of carbonyl (C=O) groups is 1. The summed E-state index contributed by atoms with van der Waals surface area (Å²) in [4.78, 5) is 23.5. The van der Waals surface area contributed by atoms with Gasteiger partial charge in [0.2, 0.25) is 5.91 Å². The first-order valence-electron chi connectivity index (χ1n) is 38.1. The van der Waals surface area contributed by atoms with Crippen LogP contribution in [-0.4, -0.2) is 73.4 Å². The van der Waals surface area contributed by atoms with Gasteiger partial charge in [0.1, 0.15) is 13.2 Å². The minimum absolute atomic E-state index is 0.0656. The van der Waals surface area contributed by atoms with Gasteiger partial charge in [-0.25, -0.2) is 4.57 Å². The third kappa shape index (κ3) is 68.7. The predicted molar refractivity (Wildman–Crippen MR) is 369 cm³/mol. The maximum Gasteiger partial charge on any atom is 0.472 e. The Bertz CT molecular complexity index is 1370. The highest BCUT2D eigenvalue weighted by atomic mass is 31.2. The Morgan fingerprint density at radius 3 is 0.881 bits per heavy atom. The van der Waals surface area contributed by atoms with E-state index in [1.807, 2.05) is 27.2 Å². The average molecular weight is 1210 g/mol. The highest BCUT2D eigenvalue weighted by Gasteiger charge is 2.28. The molecule has 3 unspecified atom stereocenters. The number of amides is 1. The highest BCUT2D eigenvalue weighted by molar-refractivity contribution is 7.47. The van der Waals surface area contributed by atoms with E-state index in [9.17, 15) is 19.4 Å². The summed E-state index contributed by atoms with van der Waals surface area (Å²) in [7, 11) is 1.60. The highest BCUT2D eigenvalue weighted by Crippen LogP contribution is 2.43. The van der Waals surface area contributed by atoms with E-state index in [1.54, 1.807) is 6.08 Å². The van der Waals surface area contributed by atoms with Gasteiger partial charge in [-0.15, -0.1) is 0 Å². The van der Waals surface area contributed by atoms with Crippen molar-refractivity contribution in [3.8, 4) is 0 Å². The lowest BCUT2D eigenvalue weighted by Crippen LogP contribution is -2.45. The number of hydrogen-bond acceptors (Lipinski definition) is 5. The molecular weight excluding hydrogens is 1060 g/mol. The third-order valence-corrected chi connectivity index (χ3v) is 19.0. The first-order valence-corrected chi connectivity index (χ1v) is 39.6. The lowest BCUT2D eigenvalue weighted by molar-refractivity contribution is -0.870. The van der Waals surface area contributed by atoms with Gasteiger partial charge in [-0.2, -0.15) is 0 Å². The Labute approximate surface area is 526 Å². The zero-order valence-corrected chi connectivity index (χ0v) is 58.6. The van der Waals surface area contributed by atoms with Gasteiger partial charge < -0.3 is 19.8 Å². The summed E-state index contributed by atoms with van der Waals surface area (Å²) in [5, 5.41) is 14.0. The summed E-state index contributed by atoms with van der Waals surface area (Å²) in [6.07, 6.45) is 86.8. The normalized spacial score (nSPS) is 13.6. The van der Waals surface area contributed by atoms with Crippen LogP contribution >= 0.6 is 7.82 Å². The summed E-state index contributed by atoms with van der Waals surface area (Å²) in [5.74, 6) is -0.166.